The highest BCUT2D eigenvalue weighted by molar-refractivity contribution is 5.69. The first-order valence-corrected chi connectivity index (χ1v) is 6.95. The second kappa shape index (κ2) is 6.09. The molecule has 19 heavy (non-hydrogen) atoms. The van der Waals surface area contributed by atoms with Crippen molar-refractivity contribution >= 4 is 6.09 Å². The summed E-state index contributed by atoms with van der Waals surface area (Å²) in [4.78, 5) is 13.4. The van der Waals surface area contributed by atoms with Gasteiger partial charge >= 0.3 is 6.09 Å². The minimum atomic E-state index is -0.432. The van der Waals surface area contributed by atoms with E-state index in [2.05, 4.69) is 19.2 Å². The second-order valence-corrected chi connectivity index (χ2v) is 7.10. The first-order valence-electron chi connectivity index (χ1n) is 6.95. The van der Waals surface area contributed by atoms with Crippen LogP contribution in [0.3, 0.4) is 0 Å². The lowest BCUT2D eigenvalue weighted by molar-refractivity contribution is 0.00436. The zero-order valence-corrected chi connectivity index (χ0v) is 12.8. The van der Waals surface area contributed by atoms with Gasteiger partial charge in [0.1, 0.15) is 5.60 Å². The topological polar surface area (TPSA) is 61.8 Å². The Hall–Kier alpha value is -0.810. The summed E-state index contributed by atoms with van der Waals surface area (Å²) in [7, 11) is 0. The van der Waals surface area contributed by atoms with Crippen LogP contribution >= 0.6 is 0 Å². The number of carbonyl (C=O) groups excluding carboxylic acids is 1. The lowest BCUT2D eigenvalue weighted by Crippen LogP contribution is -2.61. The number of nitrogens with zero attached hydrogens (tertiary/aromatic N) is 1. The van der Waals surface area contributed by atoms with Crippen molar-refractivity contribution in [3.8, 4) is 0 Å². The number of likely N-dealkylation sites (tertiary alicyclic amines) is 1. The maximum atomic E-state index is 11.7. The van der Waals surface area contributed by atoms with Gasteiger partial charge in [-0.05, 0) is 32.6 Å². The fraction of sp³-hybridized carbons (Fsp3) is 0.929. The van der Waals surface area contributed by atoms with E-state index in [9.17, 15) is 4.79 Å². The molecule has 0 aliphatic carbocycles. The zero-order chi connectivity index (χ0) is 14.7. The van der Waals surface area contributed by atoms with Crippen LogP contribution in [0.5, 0.6) is 0 Å². The van der Waals surface area contributed by atoms with E-state index in [1.54, 1.807) is 4.90 Å². The number of carbonyl (C=O) groups is 1. The first kappa shape index (κ1) is 16.2. The predicted molar refractivity (Wildman–Crippen MR) is 75.1 cm³/mol. The third-order valence-corrected chi connectivity index (χ3v) is 3.19. The van der Waals surface area contributed by atoms with Crippen LogP contribution < -0.4 is 5.32 Å². The van der Waals surface area contributed by atoms with Gasteiger partial charge in [0.15, 0.2) is 0 Å². The van der Waals surface area contributed by atoms with E-state index < -0.39 is 5.60 Å². The molecule has 0 aromatic heterocycles. The molecule has 0 atom stereocenters. The van der Waals surface area contributed by atoms with Crippen LogP contribution in [0.4, 0.5) is 4.79 Å². The third-order valence-electron chi connectivity index (χ3n) is 3.19. The molecule has 0 saturated carbocycles. The maximum Gasteiger partial charge on any atom is 0.410 e. The van der Waals surface area contributed by atoms with Crippen LogP contribution in [0, 0.1) is 5.41 Å². The Morgan fingerprint density at radius 2 is 1.89 bits per heavy atom. The number of ether oxygens (including phenoxy) is 1. The molecule has 0 spiro atoms. The Balaban J connectivity index is 2.22. The number of nitrogens with one attached hydrogen (secondary N) is 1. The Morgan fingerprint density at radius 1 is 1.32 bits per heavy atom. The van der Waals surface area contributed by atoms with Crippen LogP contribution in [0.1, 0.15) is 41.0 Å². The number of hydrogen-bond donors (Lipinski definition) is 2. The van der Waals surface area contributed by atoms with Crippen LogP contribution in [0.2, 0.25) is 0 Å². The largest absolute Gasteiger partial charge is 0.444 e. The highest BCUT2D eigenvalue weighted by Crippen LogP contribution is 2.20. The Bertz CT molecular complexity index is 304. The van der Waals surface area contributed by atoms with Gasteiger partial charge in [-0.2, -0.15) is 0 Å². The Labute approximate surface area is 116 Å². The second-order valence-electron chi connectivity index (χ2n) is 7.10. The zero-order valence-electron chi connectivity index (χ0n) is 12.8. The molecular weight excluding hydrogens is 244 g/mol. The number of amides is 1. The van der Waals surface area contributed by atoms with Gasteiger partial charge in [-0.1, -0.05) is 13.8 Å². The van der Waals surface area contributed by atoms with Crippen molar-refractivity contribution < 1.29 is 14.6 Å². The van der Waals surface area contributed by atoms with Gasteiger partial charge in [0, 0.05) is 32.3 Å². The van der Waals surface area contributed by atoms with E-state index in [0.717, 1.165) is 13.0 Å². The monoisotopic (exact) mass is 272 g/mol. The first-order chi connectivity index (χ1) is 8.63. The van der Waals surface area contributed by atoms with Crippen LogP contribution in [-0.4, -0.2) is 54.0 Å². The van der Waals surface area contributed by atoms with Crippen molar-refractivity contribution in [3.05, 3.63) is 0 Å². The summed E-state index contributed by atoms with van der Waals surface area (Å²) in [6.45, 7) is 12.3. The predicted octanol–water partition coefficient (Wildman–Crippen LogP) is 1.60. The van der Waals surface area contributed by atoms with Crippen molar-refractivity contribution in [2.75, 3.05) is 26.2 Å². The molecule has 0 bridgehead atoms. The molecule has 1 fully saturated rings. The molecule has 1 aliphatic heterocycles. The maximum absolute atomic E-state index is 11.7. The van der Waals surface area contributed by atoms with Crippen LogP contribution in [0.15, 0.2) is 0 Å². The van der Waals surface area contributed by atoms with E-state index in [1.165, 1.54) is 0 Å². The molecule has 1 rings (SSSR count). The lowest BCUT2D eigenvalue weighted by atomic mass is 9.89. The fourth-order valence-electron chi connectivity index (χ4n) is 1.89. The number of aliphatic hydroxyl groups excluding tert-OH is 1. The Kier molecular flexibility index (Phi) is 5.21. The minimum Gasteiger partial charge on any atom is -0.444 e. The highest BCUT2D eigenvalue weighted by Gasteiger charge is 2.34. The molecule has 2 N–H and O–H groups in total. The van der Waals surface area contributed by atoms with Gasteiger partial charge in [0.25, 0.3) is 0 Å². The van der Waals surface area contributed by atoms with Crippen molar-refractivity contribution in [2.24, 2.45) is 5.41 Å². The van der Waals surface area contributed by atoms with Gasteiger partial charge in [0.05, 0.1) is 0 Å². The van der Waals surface area contributed by atoms with Crippen LogP contribution in [-0.2, 0) is 4.74 Å². The summed E-state index contributed by atoms with van der Waals surface area (Å²) in [5, 5.41) is 12.4. The fourth-order valence-corrected chi connectivity index (χ4v) is 1.89. The average molecular weight is 272 g/mol. The molecule has 1 saturated heterocycles. The summed E-state index contributed by atoms with van der Waals surface area (Å²) >= 11 is 0. The van der Waals surface area contributed by atoms with E-state index >= 15 is 0 Å². The summed E-state index contributed by atoms with van der Waals surface area (Å²) in [6, 6.07) is 0.338. The molecule has 1 amide bonds. The smallest absolute Gasteiger partial charge is 0.410 e. The van der Waals surface area contributed by atoms with E-state index in [4.69, 9.17) is 9.84 Å². The molecular formula is C14H28N2O3. The standard InChI is InChI=1S/C14H28N2O3/c1-13(2,3)19-12(18)16-8-11(9-16)15-10-14(4,5)6-7-17/h11,15,17H,6-10H2,1-5H3. The molecule has 112 valence electrons. The average Bonchev–Trinajstić information content (AvgIpc) is 2.11. The van der Waals surface area contributed by atoms with Crippen molar-refractivity contribution in [1.82, 2.24) is 10.2 Å². The lowest BCUT2D eigenvalue weighted by Gasteiger charge is -2.41. The summed E-state index contributed by atoms with van der Waals surface area (Å²) in [5.41, 5.74) is -0.347. The van der Waals surface area contributed by atoms with E-state index in [1.807, 2.05) is 20.8 Å². The molecule has 5 nitrogen and oxygen atoms in total. The normalized spacial score (nSPS) is 17.3. The number of rotatable bonds is 5. The highest BCUT2D eigenvalue weighted by atomic mass is 16.6. The molecule has 0 aromatic rings. The molecule has 1 aliphatic rings. The number of hydrogen-bond acceptors (Lipinski definition) is 4. The van der Waals surface area contributed by atoms with Gasteiger partial charge in [-0.15, -0.1) is 0 Å². The number of aliphatic hydroxyl groups is 1. The van der Waals surface area contributed by atoms with Crippen molar-refractivity contribution in [3.63, 3.8) is 0 Å². The van der Waals surface area contributed by atoms with Crippen molar-refractivity contribution in [2.45, 2.75) is 52.7 Å². The van der Waals surface area contributed by atoms with Crippen LogP contribution in [0.25, 0.3) is 0 Å². The summed E-state index contributed by atoms with van der Waals surface area (Å²) in [6.07, 6.45) is 0.544. The van der Waals surface area contributed by atoms with Gasteiger partial charge in [-0.3, -0.25) is 0 Å². The summed E-state index contributed by atoms with van der Waals surface area (Å²) in [5.74, 6) is 0. The van der Waals surface area contributed by atoms with Gasteiger partial charge in [-0.25, -0.2) is 4.79 Å². The Morgan fingerprint density at radius 3 is 2.37 bits per heavy atom. The quantitative estimate of drug-likeness (QED) is 0.798. The van der Waals surface area contributed by atoms with E-state index in [0.29, 0.717) is 19.1 Å². The van der Waals surface area contributed by atoms with Gasteiger partial charge < -0.3 is 20.1 Å². The van der Waals surface area contributed by atoms with E-state index in [-0.39, 0.29) is 18.1 Å². The SMILES string of the molecule is CC(C)(CCO)CNC1CN(C(=O)OC(C)(C)C)C1. The summed E-state index contributed by atoms with van der Waals surface area (Å²) < 4.78 is 5.30. The molecule has 0 aromatic carbocycles. The van der Waals surface area contributed by atoms with Gasteiger partial charge in [0.2, 0.25) is 0 Å². The third kappa shape index (κ3) is 5.78. The molecule has 0 radical (unpaired) electrons. The molecule has 0 unspecified atom stereocenters. The minimum absolute atomic E-state index is 0.0844. The molecule has 1 heterocycles. The van der Waals surface area contributed by atoms with Crippen molar-refractivity contribution in [1.29, 1.82) is 0 Å². The molecule has 5 heteroatoms.